The first-order valence-corrected chi connectivity index (χ1v) is 11.3. The van der Waals surface area contributed by atoms with Gasteiger partial charge >= 0.3 is 0 Å². The van der Waals surface area contributed by atoms with Gasteiger partial charge in [-0.2, -0.15) is 5.10 Å². The van der Waals surface area contributed by atoms with E-state index in [4.69, 9.17) is 0 Å². The van der Waals surface area contributed by atoms with Crippen molar-refractivity contribution in [2.45, 2.75) is 33.1 Å². The van der Waals surface area contributed by atoms with Crippen LogP contribution in [0.15, 0.2) is 60.7 Å². The lowest BCUT2D eigenvalue weighted by Gasteiger charge is -2.22. The van der Waals surface area contributed by atoms with Crippen molar-refractivity contribution in [2.24, 2.45) is 0 Å². The number of benzene rings is 2. The molecule has 1 saturated heterocycles. The Hall–Kier alpha value is -2.92. The molecule has 0 bridgehead atoms. The molecule has 0 unspecified atom stereocenters. The Kier molecular flexibility index (Phi) is 6.82. The summed E-state index contributed by atoms with van der Waals surface area (Å²) in [7, 11) is 0. The Morgan fingerprint density at radius 3 is 2.42 bits per heavy atom. The highest BCUT2D eigenvalue weighted by molar-refractivity contribution is 5.94. The zero-order valence-corrected chi connectivity index (χ0v) is 18.6. The van der Waals surface area contributed by atoms with Gasteiger partial charge in [-0.3, -0.25) is 4.79 Å². The number of hydrogen-bond acceptors (Lipinski definition) is 3. The third-order valence-corrected chi connectivity index (χ3v) is 6.03. The van der Waals surface area contributed by atoms with Gasteiger partial charge in [-0.05, 0) is 82.1 Å². The molecule has 1 amide bonds. The molecule has 0 N–H and O–H groups in total. The number of aromatic nitrogens is 2. The third-order valence-electron chi connectivity index (χ3n) is 6.03. The summed E-state index contributed by atoms with van der Waals surface area (Å²) < 4.78 is 1.92. The van der Waals surface area contributed by atoms with E-state index in [-0.39, 0.29) is 5.91 Å². The van der Waals surface area contributed by atoms with Crippen LogP contribution in [0.5, 0.6) is 0 Å². The normalized spacial score (nSPS) is 15.1. The van der Waals surface area contributed by atoms with Gasteiger partial charge in [-0.15, -0.1) is 0 Å². The highest BCUT2D eigenvalue weighted by Gasteiger charge is 2.20. The van der Waals surface area contributed by atoms with Crippen LogP contribution >= 0.6 is 0 Å². The molecule has 5 heteroatoms. The van der Waals surface area contributed by atoms with E-state index >= 15 is 0 Å². The molecular formula is C26H32N4O. The van der Waals surface area contributed by atoms with Gasteiger partial charge in [0.25, 0.3) is 5.91 Å². The Morgan fingerprint density at radius 2 is 1.71 bits per heavy atom. The van der Waals surface area contributed by atoms with Crippen molar-refractivity contribution in [1.29, 1.82) is 0 Å². The summed E-state index contributed by atoms with van der Waals surface area (Å²) in [6, 6.07) is 20.6. The summed E-state index contributed by atoms with van der Waals surface area (Å²) in [4.78, 5) is 17.6. The molecule has 4 rings (SSSR count). The highest BCUT2D eigenvalue weighted by Crippen LogP contribution is 2.15. The molecule has 0 atom stereocenters. The summed E-state index contributed by atoms with van der Waals surface area (Å²) in [5.41, 5.74) is 5.23. The lowest BCUT2D eigenvalue weighted by molar-refractivity contribution is 0.0761. The number of hydrogen-bond donors (Lipinski definition) is 0. The van der Waals surface area contributed by atoms with Crippen molar-refractivity contribution in [3.05, 3.63) is 83.2 Å². The van der Waals surface area contributed by atoms with Crippen LogP contribution in [0, 0.1) is 13.8 Å². The number of carbonyl (C=O) groups is 1. The van der Waals surface area contributed by atoms with Gasteiger partial charge in [-0.1, -0.05) is 30.3 Å². The van der Waals surface area contributed by atoms with Crippen LogP contribution in [0.25, 0.3) is 5.69 Å². The molecule has 1 aliphatic rings. The first kappa shape index (κ1) is 21.3. The first-order chi connectivity index (χ1) is 15.1. The Morgan fingerprint density at radius 1 is 0.935 bits per heavy atom. The van der Waals surface area contributed by atoms with Gasteiger partial charge in [0.05, 0.1) is 11.4 Å². The minimum atomic E-state index is 0.131. The molecular weight excluding hydrogens is 384 g/mol. The minimum absolute atomic E-state index is 0.131. The topological polar surface area (TPSA) is 41.4 Å². The Bertz CT molecular complexity index is 994. The third kappa shape index (κ3) is 5.42. The molecule has 3 aromatic rings. The first-order valence-electron chi connectivity index (χ1n) is 11.3. The standard InChI is InChI=1S/C26H32N4O/c1-21-20-22(2)30(27-21)25-13-11-24(12-14-25)26(31)29-17-7-16-28(18-19-29)15-6-10-23-8-4-3-5-9-23/h3-5,8-9,11-14,20H,6-7,10,15-19H2,1-2H3. The van der Waals surface area contributed by atoms with Crippen molar-refractivity contribution in [3.8, 4) is 5.69 Å². The zero-order valence-electron chi connectivity index (χ0n) is 18.6. The minimum Gasteiger partial charge on any atom is -0.337 e. The molecule has 162 valence electrons. The van der Waals surface area contributed by atoms with E-state index in [2.05, 4.69) is 46.4 Å². The van der Waals surface area contributed by atoms with E-state index in [0.29, 0.717) is 0 Å². The summed E-state index contributed by atoms with van der Waals surface area (Å²) in [6.45, 7) is 8.76. The van der Waals surface area contributed by atoms with E-state index in [1.807, 2.05) is 47.7 Å². The molecule has 2 heterocycles. The monoisotopic (exact) mass is 416 g/mol. The second kappa shape index (κ2) is 9.92. The Balaban J connectivity index is 1.30. The molecule has 31 heavy (non-hydrogen) atoms. The maximum Gasteiger partial charge on any atom is 0.253 e. The zero-order chi connectivity index (χ0) is 21.6. The average molecular weight is 417 g/mol. The summed E-state index contributed by atoms with van der Waals surface area (Å²) in [5, 5.41) is 4.53. The van der Waals surface area contributed by atoms with Crippen LogP contribution in [-0.4, -0.2) is 58.2 Å². The van der Waals surface area contributed by atoms with E-state index in [1.54, 1.807) is 0 Å². The average Bonchev–Trinajstić information content (AvgIpc) is 2.98. The fourth-order valence-corrected chi connectivity index (χ4v) is 4.37. The summed E-state index contributed by atoms with van der Waals surface area (Å²) in [5.74, 6) is 0.131. The molecule has 0 aliphatic carbocycles. The van der Waals surface area contributed by atoms with Crippen LogP contribution in [0.4, 0.5) is 0 Å². The lowest BCUT2D eigenvalue weighted by Crippen LogP contribution is -2.35. The molecule has 5 nitrogen and oxygen atoms in total. The van der Waals surface area contributed by atoms with Gasteiger partial charge in [0.15, 0.2) is 0 Å². The molecule has 1 aliphatic heterocycles. The van der Waals surface area contributed by atoms with Gasteiger partial charge in [0, 0.05) is 30.9 Å². The van der Waals surface area contributed by atoms with E-state index in [0.717, 1.165) is 74.6 Å². The molecule has 1 fully saturated rings. The van der Waals surface area contributed by atoms with Crippen molar-refractivity contribution in [3.63, 3.8) is 0 Å². The molecule has 1 aromatic heterocycles. The molecule has 0 spiro atoms. The van der Waals surface area contributed by atoms with Crippen LogP contribution in [-0.2, 0) is 6.42 Å². The number of aryl methyl sites for hydroxylation is 3. The Labute approximate surface area is 185 Å². The second-order valence-electron chi connectivity index (χ2n) is 8.46. The van der Waals surface area contributed by atoms with Crippen LogP contribution in [0.2, 0.25) is 0 Å². The van der Waals surface area contributed by atoms with Crippen molar-refractivity contribution in [1.82, 2.24) is 19.6 Å². The summed E-state index contributed by atoms with van der Waals surface area (Å²) >= 11 is 0. The smallest absolute Gasteiger partial charge is 0.253 e. The SMILES string of the molecule is Cc1cc(C)n(-c2ccc(C(=O)N3CCCN(CCCc4ccccc4)CC3)cc2)n1. The second-order valence-corrected chi connectivity index (χ2v) is 8.46. The maximum atomic E-state index is 13.1. The largest absolute Gasteiger partial charge is 0.337 e. The van der Waals surface area contributed by atoms with E-state index in [9.17, 15) is 4.79 Å². The lowest BCUT2D eigenvalue weighted by atomic mass is 10.1. The number of nitrogens with zero attached hydrogens (tertiary/aromatic N) is 4. The fourth-order valence-electron chi connectivity index (χ4n) is 4.37. The van der Waals surface area contributed by atoms with Crippen LogP contribution in [0.3, 0.4) is 0 Å². The number of rotatable bonds is 6. The molecule has 0 saturated carbocycles. The van der Waals surface area contributed by atoms with Gasteiger partial charge in [0.2, 0.25) is 0 Å². The fraction of sp³-hybridized carbons (Fsp3) is 0.385. The van der Waals surface area contributed by atoms with Crippen molar-refractivity contribution >= 4 is 5.91 Å². The molecule has 2 aromatic carbocycles. The predicted molar refractivity (Wildman–Crippen MR) is 125 cm³/mol. The highest BCUT2D eigenvalue weighted by atomic mass is 16.2. The predicted octanol–water partition coefficient (Wildman–Crippen LogP) is 4.27. The van der Waals surface area contributed by atoms with Crippen LogP contribution in [0.1, 0.15) is 40.2 Å². The van der Waals surface area contributed by atoms with Gasteiger partial charge in [0.1, 0.15) is 0 Å². The molecule has 0 radical (unpaired) electrons. The maximum absolute atomic E-state index is 13.1. The summed E-state index contributed by atoms with van der Waals surface area (Å²) in [6.07, 6.45) is 3.30. The number of amides is 1. The van der Waals surface area contributed by atoms with E-state index in [1.165, 1.54) is 5.56 Å². The van der Waals surface area contributed by atoms with E-state index < -0.39 is 0 Å². The number of carbonyl (C=O) groups excluding carboxylic acids is 1. The van der Waals surface area contributed by atoms with Gasteiger partial charge < -0.3 is 9.80 Å². The van der Waals surface area contributed by atoms with Crippen molar-refractivity contribution < 1.29 is 4.79 Å². The van der Waals surface area contributed by atoms with Crippen molar-refractivity contribution in [2.75, 3.05) is 32.7 Å². The van der Waals surface area contributed by atoms with Gasteiger partial charge in [-0.25, -0.2) is 4.68 Å². The van der Waals surface area contributed by atoms with Crippen LogP contribution < -0.4 is 0 Å². The quantitative estimate of drug-likeness (QED) is 0.603.